The first-order valence-electron chi connectivity index (χ1n) is 6.72. The maximum atomic E-state index is 6.11. The fourth-order valence-corrected chi connectivity index (χ4v) is 4.02. The quantitative estimate of drug-likeness (QED) is 0.690. The molecule has 1 aromatic heterocycles. The molecule has 0 unspecified atom stereocenters. The van der Waals surface area contributed by atoms with Gasteiger partial charge in [0.1, 0.15) is 10.7 Å². The molecule has 0 aliphatic heterocycles. The summed E-state index contributed by atoms with van der Waals surface area (Å²) >= 11 is 3.30. The Morgan fingerprint density at radius 2 is 1.90 bits per heavy atom. The van der Waals surface area contributed by atoms with Crippen molar-refractivity contribution in [3.05, 3.63) is 65.7 Å². The van der Waals surface area contributed by atoms with Gasteiger partial charge in [0.15, 0.2) is 4.34 Å². The van der Waals surface area contributed by atoms with Crippen LogP contribution < -0.4 is 5.73 Å². The van der Waals surface area contributed by atoms with E-state index in [2.05, 4.69) is 36.2 Å². The summed E-state index contributed by atoms with van der Waals surface area (Å²) in [5, 5.41) is 0.785. The van der Waals surface area contributed by atoms with Crippen LogP contribution in [0, 0.1) is 6.92 Å². The van der Waals surface area contributed by atoms with Crippen molar-refractivity contribution in [2.24, 2.45) is 0 Å². The third kappa shape index (κ3) is 3.46. The molecule has 0 bridgehead atoms. The zero-order valence-corrected chi connectivity index (χ0v) is 13.4. The highest BCUT2D eigenvalue weighted by atomic mass is 32.2. The van der Waals surface area contributed by atoms with Crippen molar-refractivity contribution in [1.29, 1.82) is 0 Å². The zero-order chi connectivity index (χ0) is 14.7. The average molecular weight is 312 g/mol. The Bertz CT molecular complexity index is 736. The lowest BCUT2D eigenvalue weighted by atomic mass is 10.2. The average Bonchev–Trinajstić information content (AvgIpc) is 2.87. The predicted molar refractivity (Wildman–Crippen MR) is 92.7 cm³/mol. The number of hydrogen-bond donors (Lipinski definition) is 1. The molecule has 2 nitrogen and oxygen atoms in total. The smallest absolute Gasteiger partial charge is 0.152 e. The molecule has 0 saturated heterocycles. The van der Waals surface area contributed by atoms with E-state index in [1.165, 1.54) is 11.1 Å². The van der Waals surface area contributed by atoms with E-state index in [1.807, 2.05) is 30.3 Å². The summed E-state index contributed by atoms with van der Waals surface area (Å²) < 4.78 is 1.02. The maximum Gasteiger partial charge on any atom is 0.152 e. The maximum absolute atomic E-state index is 6.11. The minimum atomic E-state index is 0.785. The van der Waals surface area contributed by atoms with Gasteiger partial charge in [0.25, 0.3) is 0 Å². The highest BCUT2D eigenvalue weighted by Crippen LogP contribution is 2.36. The Hall–Kier alpha value is -1.78. The summed E-state index contributed by atoms with van der Waals surface area (Å²) in [7, 11) is 0. The number of benzene rings is 2. The lowest BCUT2D eigenvalue weighted by molar-refractivity contribution is 1.24. The van der Waals surface area contributed by atoms with Gasteiger partial charge in [0.05, 0.1) is 0 Å². The molecule has 2 N–H and O–H groups in total. The Morgan fingerprint density at radius 3 is 2.67 bits per heavy atom. The molecule has 0 spiro atoms. The van der Waals surface area contributed by atoms with E-state index >= 15 is 0 Å². The van der Waals surface area contributed by atoms with Gasteiger partial charge in [-0.2, -0.15) is 0 Å². The Balaban J connectivity index is 1.76. The number of nitrogens with zero attached hydrogens (tertiary/aromatic N) is 1. The number of nitrogens with two attached hydrogens (primary N) is 1. The number of hydrogen-bond acceptors (Lipinski definition) is 4. The summed E-state index contributed by atoms with van der Waals surface area (Å²) in [5.41, 5.74) is 10.7. The van der Waals surface area contributed by atoms with Crippen molar-refractivity contribution in [1.82, 2.24) is 4.98 Å². The molecule has 0 radical (unpaired) electrons. The molecule has 106 valence electrons. The van der Waals surface area contributed by atoms with Gasteiger partial charge >= 0.3 is 0 Å². The third-order valence-electron chi connectivity index (χ3n) is 3.13. The molecule has 3 aromatic rings. The van der Waals surface area contributed by atoms with Crippen LogP contribution in [0.3, 0.4) is 0 Å². The van der Waals surface area contributed by atoms with Crippen LogP contribution in [0.1, 0.15) is 11.1 Å². The number of thiazole rings is 1. The summed E-state index contributed by atoms with van der Waals surface area (Å²) in [6.45, 7) is 2.11. The largest absolute Gasteiger partial charge is 0.389 e. The van der Waals surface area contributed by atoms with Crippen LogP contribution in [0.5, 0.6) is 0 Å². The van der Waals surface area contributed by atoms with Crippen LogP contribution in [0.15, 0.2) is 58.9 Å². The summed E-state index contributed by atoms with van der Waals surface area (Å²) in [6, 6.07) is 18.7. The molecule has 0 amide bonds. The van der Waals surface area contributed by atoms with E-state index in [9.17, 15) is 0 Å². The monoisotopic (exact) mass is 312 g/mol. The third-order valence-corrected chi connectivity index (χ3v) is 5.22. The first kappa shape index (κ1) is 14.2. The van der Waals surface area contributed by atoms with E-state index in [4.69, 9.17) is 5.73 Å². The van der Waals surface area contributed by atoms with Gasteiger partial charge in [-0.1, -0.05) is 83.3 Å². The van der Waals surface area contributed by atoms with Crippen molar-refractivity contribution in [3.63, 3.8) is 0 Å². The first-order chi connectivity index (χ1) is 10.2. The second kappa shape index (κ2) is 6.33. The molecule has 3 rings (SSSR count). The second-order valence-corrected chi connectivity index (χ2v) is 7.09. The van der Waals surface area contributed by atoms with Gasteiger partial charge in [-0.25, -0.2) is 4.98 Å². The Kier molecular flexibility index (Phi) is 4.27. The van der Waals surface area contributed by atoms with Gasteiger partial charge in [-0.15, -0.1) is 0 Å². The van der Waals surface area contributed by atoms with Crippen molar-refractivity contribution >= 4 is 28.1 Å². The van der Waals surface area contributed by atoms with Gasteiger partial charge in [0, 0.05) is 11.3 Å². The van der Waals surface area contributed by atoms with Crippen molar-refractivity contribution < 1.29 is 0 Å². The van der Waals surface area contributed by atoms with Crippen molar-refractivity contribution in [3.8, 4) is 11.3 Å². The molecule has 1 heterocycles. The minimum Gasteiger partial charge on any atom is -0.389 e. The van der Waals surface area contributed by atoms with Crippen LogP contribution in [-0.4, -0.2) is 4.98 Å². The zero-order valence-electron chi connectivity index (χ0n) is 11.7. The highest BCUT2D eigenvalue weighted by molar-refractivity contribution is 8.00. The number of nitrogen functional groups attached to an aromatic ring is 1. The molecule has 0 fully saturated rings. The number of aromatic nitrogens is 1. The lowest BCUT2D eigenvalue weighted by Crippen LogP contribution is -1.85. The lowest BCUT2D eigenvalue weighted by Gasteiger charge is -2.00. The Labute approximate surface area is 133 Å². The fourth-order valence-electron chi connectivity index (χ4n) is 2.12. The van der Waals surface area contributed by atoms with Crippen molar-refractivity contribution in [2.45, 2.75) is 17.0 Å². The van der Waals surface area contributed by atoms with E-state index < -0.39 is 0 Å². The van der Waals surface area contributed by atoms with Crippen LogP contribution in [0.25, 0.3) is 11.3 Å². The molecule has 2 aromatic carbocycles. The molecule has 0 aliphatic rings. The molecule has 0 aliphatic carbocycles. The van der Waals surface area contributed by atoms with E-state index in [0.29, 0.717) is 0 Å². The van der Waals surface area contributed by atoms with Gasteiger partial charge < -0.3 is 5.73 Å². The molecule has 4 heteroatoms. The molecule has 0 saturated carbocycles. The van der Waals surface area contributed by atoms with E-state index in [-0.39, 0.29) is 0 Å². The first-order valence-corrected chi connectivity index (χ1v) is 8.52. The number of thioether (sulfide) groups is 1. The van der Waals surface area contributed by atoms with Crippen LogP contribution in [0.2, 0.25) is 0 Å². The van der Waals surface area contributed by atoms with Crippen LogP contribution >= 0.6 is 23.1 Å². The number of aryl methyl sites for hydroxylation is 1. The summed E-state index contributed by atoms with van der Waals surface area (Å²) in [4.78, 5) is 4.67. The topological polar surface area (TPSA) is 38.9 Å². The van der Waals surface area contributed by atoms with Gasteiger partial charge in [-0.3, -0.25) is 0 Å². The van der Waals surface area contributed by atoms with Crippen molar-refractivity contribution in [2.75, 3.05) is 5.73 Å². The van der Waals surface area contributed by atoms with Crippen LogP contribution in [0.4, 0.5) is 5.00 Å². The van der Waals surface area contributed by atoms with E-state index in [0.717, 1.165) is 26.4 Å². The van der Waals surface area contributed by atoms with Gasteiger partial charge in [0.2, 0.25) is 0 Å². The standard InChI is InChI=1S/C17H16N2S2/c1-12-6-5-7-13(10-12)11-20-17-19-15(16(18)21-17)14-8-3-2-4-9-14/h2-10H,11,18H2,1H3. The molecule has 0 atom stereocenters. The number of anilines is 1. The summed E-state index contributed by atoms with van der Waals surface area (Å²) in [5.74, 6) is 0.920. The highest BCUT2D eigenvalue weighted by Gasteiger charge is 2.10. The summed E-state index contributed by atoms with van der Waals surface area (Å²) in [6.07, 6.45) is 0. The SMILES string of the molecule is Cc1cccc(CSc2nc(-c3ccccc3)c(N)s2)c1. The van der Waals surface area contributed by atoms with Gasteiger partial charge in [-0.05, 0) is 12.5 Å². The normalized spacial score (nSPS) is 10.7. The number of rotatable bonds is 4. The minimum absolute atomic E-state index is 0.785. The predicted octanol–water partition coefficient (Wildman–Crippen LogP) is 4.99. The van der Waals surface area contributed by atoms with E-state index in [1.54, 1.807) is 23.1 Å². The Morgan fingerprint density at radius 1 is 1.10 bits per heavy atom. The molecular formula is C17H16N2S2. The van der Waals surface area contributed by atoms with Crippen LogP contribution in [-0.2, 0) is 5.75 Å². The molecule has 21 heavy (non-hydrogen) atoms. The molecular weight excluding hydrogens is 296 g/mol. The fraction of sp³-hybridized carbons (Fsp3) is 0.118. The second-order valence-electron chi connectivity index (χ2n) is 4.84.